The van der Waals surface area contributed by atoms with E-state index < -0.39 is 15.9 Å². The summed E-state index contributed by atoms with van der Waals surface area (Å²) in [5.41, 5.74) is 0.321. The maximum atomic E-state index is 12.1. The van der Waals surface area contributed by atoms with E-state index >= 15 is 0 Å². The maximum Gasteiger partial charge on any atom is 0.240 e. The Labute approximate surface area is 142 Å². The summed E-state index contributed by atoms with van der Waals surface area (Å²) in [6, 6.07) is 4.65. The number of anilines is 1. The molecule has 0 radical (unpaired) electrons. The summed E-state index contributed by atoms with van der Waals surface area (Å²) in [5.74, 6) is 0.453. The molecule has 136 valence electrons. The van der Waals surface area contributed by atoms with E-state index in [2.05, 4.69) is 5.32 Å². The number of nitrogens with one attached hydrogen (secondary N) is 1. The molecule has 0 aliphatic heterocycles. The topological polar surface area (TPSA) is 94.2 Å². The van der Waals surface area contributed by atoms with Gasteiger partial charge in [-0.1, -0.05) is 0 Å². The Kier molecular flexibility index (Phi) is 7.80. The first-order valence-electron chi connectivity index (χ1n) is 7.28. The maximum absolute atomic E-state index is 12.1. The van der Waals surface area contributed by atoms with E-state index in [0.29, 0.717) is 36.8 Å². The molecule has 0 aromatic heterocycles. The van der Waals surface area contributed by atoms with Crippen molar-refractivity contribution in [1.82, 2.24) is 5.32 Å². The Bertz CT molecular complexity index is 647. The van der Waals surface area contributed by atoms with Crippen molar-refractivity contribution >= 4 is 21.6 Å². The summed E-state index contributed by atoms with van der Waals surface area (Å²) >= 11 is 0. The number of amides is 1. The summed E-state index contributed by atoms with van der Waals surface area (Å²) in [6.45, 7) is 0.614. The minimum Gasteiger partial charge on any atom is -0.493 e. The number of sulfonamides is 1. The predicted octanol–water partition coefficient (Wildman–Crippen LogP) is 0.622. The van der Waals surface area contributed by atoms with E-state index in [4.69, 9.17) is 14.2 Å². The van der Waals surface area contributed by atoms with Gasteiger partial charge in [0.25, 0.3) is 0 Å². The summed E-state index contributed by atoms with van der Waals surface area (Å²) in [4.78, 5) is 12.0. The zero-order chi connectivity index (χ0) is 18.2. The van der Waals surface area contributed by atoms with E-state index in [1.54, 1.807) is 19.2 Å². The number of nitrogens with zero attached hydrogens (tertiary/aromatic N) is 1. The first-order valence-corrected chi connectivity index (χ1v) is 9.13. The summed E-state index contributed by atoms with van der Waals surface area (Å²) < 4.78 is 40.3. The van der Waals surface area contributed by atoms with E-state index in [1.807, 2.05) is 0 Å². The Morgan fingerprint density at radius 1 is 1.17 bits per heavy atom. The smallest absolute Gasteiger partial charge is 0.240 e. The molecule has 0 aliphatic carbocycles. The van der Waals surface area contributed by atoms with E-state index in [-0.39, 0.29) is 6.54 Å². The molecule has 0 bridgehead atoms. The Morgan fingerprint density at radius 2 is 1.83 bits per heavy atom. The van der Waals surface area contributed by atoms with Crippen LogP contribution in [0.3, 0.4) is 0 Å². The van der Waals surface area contributed by atoms with Gasteiger partial charge in [-0.3, -0.25) is 9.10 Å². The molecule has 1 rings (SSSR count). The van der Waals surface area contributed by atoms with Crippen molar-refractivity contribution in [2.75, 3.05) is 51.6 Å². The molecule has 1 amide bonds. The van der Waals surface area contributed by atoms with Crippen LogP contribution in [0.5, 0.6) is 11.5 Å². The van der Waals surface area contributed by atoms with E-state index in [1.165, 1.54) is 20.3 Å². The highest BCUT2D eigenvalue weighted by molar-refractivity contribution is 7.92. The Balaban J connectivity index is 2.93. The van der Waals surface area contributed by atoms with E-state index in [9.17, 15) is 13.2 Å². The van der Waals surface area contributed by atoms with Gasteiger partial charge in [-0.2, -0.15) is 0 Å². The molecule has 1 aromatic carbocycles. The first kappa shape index (κ1) is 20.0. The quantitative estimate of drug-likeness (QED) is 0.615. The van der Waals surface area contributed by atoms with Gasteiger partial charge in [-0.05, 0) is 18.6 Å². The van der Waals surface area contributed by atoms with Gasteiger partial charge in [0.1, 0.15) is 6.54 Å². The standard InChI is InChI=1S/C15H24N2O6S/c1-21-9-5-8-16-15(18)11-17(24(4,19)20)12-6-7-13(22-2)14(10-12)23-3/h6-7,10H,5,8-9,11H2,1-4H3,(H,16,18). The number of carbonyl (C=O) groups excluding carboxylic acids is 1. The Morgan fingerprint density at radius 3 is 2.38 bits per heavy atom. The van der Waals surface area contributed by atoms with Crippen LogP contribution in [-0.2, 0) is 19.6 Å². The van der Waals surface area contributed by atoms with Crippen LogP contribution in [0.15, 0.2) is 18.2 Å². The van der Waals surface area contributed by atoms with Crippen LogP contribution < -0.4 is 19.1 Å². The zero-order valence-corrected chi connectivity index (χ0v) is 15.2. The largest absolute Gasteiger partial charge is 0.493 e. The summed E-state index contributed by atoms with van der Waals surface area (Å²) in [7, 11) is 0.871. The van der Waals surface area contributed by atoms with Crippen LogP contribution in [0.4, 0.5) is 5.69 Å². The van der Waals surface area contributed by atoms with Crippen LogP contribution in [-0.4, -0.2) is 61.6 Å². The van der Waals surface area contributed by atoms with Gasteiger partial charge < -0.3 is 19.5 Å². The molecule has 0 saturated heterocycles. The number of rotatable bonds is 10. The van der Waals surface area contributed by atoms with Crippen LogP contribution in [0.1, 0.15) is 6.42 Å². The Hall–Kier alpha value is -2.00. The second-order valence-corrected chi connectivity index (χ2v) is 6.91. The number of methoxy groups -OCH3 is 3. The SMILES string of the molecule is COCCCNC(=O)CN(c1ccc(OC)c(OC)c1)S(C)(=O)=O. The molecule has 1 N–H and O–H groups in total. The van der Waals surface area contributed by atoms with Crippen LogP contribution >= 0.6 is 0 Å². The molecule has 0 heterocycles. The number of hydrogen-bond donors (Lipinski definition) is 1. The third-order valence-corrected chi connectivity index (χ3v) is 4.33. The highest BCUT2D eigenvalue weighted by atomic mass is 32.2. The monoisotopic (exact) mass is 360 g/mol. The summed E-state index contributed by atoms with van der Waals surface area (Å²) in [5, 5.41) is 2.66. The van der Waals surface area contributed by atoms with Gasteiger partial charge in [0.15, 0.2) is 11.5 Å². The first-order chi connectivity index (χ1) is 11.3. The molecule has 8 nitrogen and oxygen atoms in total. The molecule has 0 spiro atoms. The highest BCUT2D eigenvalue weighted by Gasteiger charge is 2.22. The lowest BCUT2D eigenvalue weighted by Crippen LogP contribution is -2.40. The van der Waals surface area contributed by atoms with Gasteiger partial charge in [0, 0.05) is 26.3 Å². The number of carbonyl (C=O) groups is 1. The minimum absolute atomic E-state index is 0.318. The van der Waals surface area contributed by atoms with Crippen molar-refractivity contribution in [3.8, 4) is 11.5 Å². The average Bonchev–Trinajstić information content (AvgIpc) is 2.55. The van der Waals surface area contributed by atoms with Crippen molar-refractivity contribution in [2.45, 2.75) is 6.42 Å². The fourth-order valence-electron chi connectivity index (χ4n) is 2.01. The fraction of sp³-hybridized carbons (Fsp3) is 0.533. The lowest BCUT2D eigenvalue weighted by atomic mass is 10.2. The zero-order valence-electron chi connectivity index (χ0n) is 14.4. The molecule has 0 atom stereocenters. The molecular formula is C15H24N2O6S. The van der Waals surface area contributed by atoms with Gasteiger partial charge in [0.05, 0.1) is 26.2 Å². The normalized spacial score (nSPS) is 11.0. The van der Waals surface area contributed by atoms with Crippen LogP contribution in [0.25, 0.3) is 0 Å². The van der Waals surface area contributed by atoms with Gasteiger partial charge in [-0.15, -0.1) is 0 Å². The molecule has 0 unspecified atom stereocenters. The third kappa shape index (κ3) is 5.89. The second kappa shape index (κ2) is 9.33. The van der Waals surface area contributed by atoms with Crippen molar-refractivity contribution in [3.63, 3.8) is 0 Å². The highest BCUT2D eigenvalue weighted by Crippen LogP contribution is 2.32. The molecular weight excluding hydrogens is 336 g/mol. The van der Waals surface area contributed by atoms with Gasteiger partial charge in [-0.25, -0.2) is 8.42 Å². The number of ether oxygens (including phenoxy) is 3. The predicted molar refractivity (Wildman–Crippen MR) is 91.2 cm³/mol. The molecule has 0 fully saturated rings. The fourth-order valence-corrected chi connectivity index (χ4v) is 2.86. The lowest BCUT2D eigenvalue weighted by Gasteiger charge is -2.23. The number of hydrogen-bond acceptors (Lipinski definition) is 6. The number of benzene rings is 1. The average molecular weight is 360 g/mol. The summed E-state index contributed by atoms with van der Waals surface area (Å²) in [6.07, 6.45) is 1.69. The van der Waals surface area contributed by atoms with Crippen molar-refractivity contribution in [1.29, 1.82) is 0 Å². The van der Waals surface area contributed by atoms with Crippen LogP contribution in [0, 0.1) is 0 Å². The minimum atomic E-state index is -3.64. The van der Waals surface area contributed by atoms with Crippen LogP contribution in [0.2, 0.25) is 0 Å². The van der Waals surface area contributed by atoms with E-state index in [0.717, 1.165) is 10.6 Å². The van der Waals surface area contributed by atoms with Gasteiger partial charge >= 0.3 is 0 Å². The van der Waals surface area contributed by atoms with Crippen molar-refractivity contribution in [2.24, 2.45) is 0 Å². The molecule has 0 aliphatic rings. The molecule has 9 heteroatoms. The third-order valence-electron chi connectivity index (χ3n) is 3.19. The second-order valence-electron chi connectivity index (χ2n) is 5.01. The lowest BCUT2D eigenvalue weighted by molar-refractivity contribution is -0.119. The molecule has 1 aromatic rings. The molecule has 0 saturated carbocycles. The van der Waals surface area contributed by atoms with Crippen molar-refractivity contribution in [3.05, 3.63) is 18.2 Å². The van der Waals surface area contributed by atoms with Gasteiger partial charge in [0.2, 0.25) is 15.9 Å². The molecule has 24 heavy (non-hydrogen) atoms. The van der Waals surface area contributed by atoms with Crippen molar-refractivity contribution < 1.29 is 27.4 Å².